The fraction of sp³-hybridized carbons (Fsp3) is 0.600. The molecule has 8 heteroatoms. The highest BCUT2D eigenvalue weighted by Gasteiger charge is 2.59. The van der Waals surface area contributed by atoms with Gasteiger partial charge < -0.3 is 29.2 Å². The van der Waals surface area contributed by atoms with Crippen LogP contribution in [0.5, 0.6) is 11.5 Å². The third kappa shape index (κ3) is 3.51. The number of rotatable bonds is 8. The summed E-state index contributed by atoms with van der Waals surface area (Å²) in [4.78, 5) is 14.9. The summed E-state index contributed by atoms with van der Waals surface area (Å²) < 4.78 is 22.9. The van der Waals surface area contributed by atoms with Gasteiger partial charge in [-0.25, -0.2) is 0 Å². The Morgan fingerprint density at radius 2 is 2.14 bits per heavy atom. The third-order valence-corrected chi connectivity index (χ3v) is 5.53. The quantitative estimate of drug-likeness (QED) is 0.400. The van der Waals surface area contributed by atoms with Crippen molar-refractivity contribution in [3.8, 4) is 11.5 Å². The van der Waals surface area contributed by atoms with Crippen LogP contribution in [0, 0.1) is 5.92 Å². The van der Waals surface area contributed by atoms with Crippen LogP contribution in [0.3, 0.4) is 0 Å². The monoisotopic (exact) mass is 408 g/mol. The van der Waals surface area contributed by atoms with Gasteiger partial charge >= 0.3 is 5.97 Å². The number of hydrogen-bond acceptors (Lipinski definition) is 6. The maximum atomic E-state index is 13.0. The Balaban J connectivity index is 2.07. The first-order chi connectivity index (χ1) is 13.5. The molecule has 0 radical (unpaired) electrons. The molecule has 0 amide bonds. The van der Waals surface area contributed by atoms with Gasteiger partial charge in [0.15, 0.2) is 22.3 Å². The number of thiocarbonyl (C=S) groups is 1. The molecule has 2 aliphatic rings. The number of hydrogen-bond donors (Lipinski definition) is 1. The highest BCUT2D eigenvalue weighted by atomic mass is 32.1. The van der Waals surface area contributed by atoms with Crippen molar-refractivity contribution in [3.63, 3.8) is 0 Å². The lowest BCUT2D eigenvalue weighted by molar-refractivity contribution is -0.175. The van der Waals surface area contributed by atoms with Crippen molar-refractivity contribution < 1.29 is 23.7 Å². The van der Waals surface area contributed by atoms with Crippen LogP contribution in [0.15, 0.2) is 18.2 Å². The minimum atomic E-state index is -0.993. The SMILES string of the molecule is CCOC(=O)[C@@H]1[C@H]2NC(=S)N(CCCOC)[C@@]1(C)Oc1c(OCC)cccc12. The van der Waals surface area contributed by atoms with E-state index in [2.05, 4.69) is 5.32 Å². The predicted octanol–water partition coefficient (Wildman–Crippen LogP) is 2.64. The Kier molecular flexibility index (Phi) is 6.30. The van der Waals surface area contributed by atoms with Crippen molar-refractivity contribution in [1.29, 1.82) is 0 Å². The first-order valence-electron chi connectivity index (χ1n) is 9.66. The molecule has 1 saturated heterocycles. The largest absolute Gasteiger partial charge is 0.490 e. The van der Waals surface area contributed by atoms with E-state index in [1.807, 2.05) is 36.9 Å². The van der Waals surface area contributed by atoms with E-state index in [1.54, 1.807) is 14.0 Å². The molecule has 0 saturated carbocycles. The number of benzene rings is 1. The zero-order valence-electron chi connectivity index (χ0n) is 16.8. The fourth-order valence-corrected chi connectivity index (χ4v) is 4.39. The second kappa shape index (κ2) is 8.53. The van der Waals surface area contributed by atoms with Gasteiger partial charge in [0.25, 0.3) is 0 Å². The highest BCUT2D eigenvalue weighted by molar-refractivity contribution is 7.80. The topological polar surface area (TPSA) is 69.3 Å². The Bertz CT molecular complexity index is 743. The molecule has 1 aromatic carbocycles. The number of fused-ring (bicyclic) bond motifs is 4. The molecule has 7 nitrogen and oxygen atoms in total. The summed E-state index contributed by atoms with van der Waals surface area (Å²) in [7, 11) is 1.66. The molecular formula is C20H28N2O5S. The number of carbonyl (C=O) groups excluding carboxylic acids is 1. The van der Waals surface area contributed by atoms with Gasteiger partial charge in [-0.1, -0.05) is 12.1 Å². The number of carbonyl (C=O) groups is 1. The van der Waals surface area contributed by atoms with Gasteiger partial charge in [0.05, 0.1) is 19.3 Å². The van der Waals surface area contributed by atoms with Crippen LogP contribution in [0.1, 0.15) is 38.8 Å². The lowest BCUT2D eigenvalue weighted by Crippen LogP contribution is -2.71. The standard InChI is InChI=1S/C20H28N2O5S/c1-5-25-14-10-7-9-13-16-15(18(23)26-6-2)20(3,27-17(13)14)22(19(28)21-16)11-8-12-24-4/h7,9-10,15-16H,5-6,8,11-12H2,1-4H3,(H,21,28)/t15-,16-,20-/m0/s1. The molecule has 28 heavy (non-hydrogen) atoms. The lowest BCUT2D eigenvalue weighted by Gasteiger charge is -2.55. The summed E-state index contributed by atoms with van der Waals surface area (Å²) >= 11 is 5.63. The molecule has 2 aliphatic heterocycles. The molecular weight excluding hydrogens is 380 g/mol. The molecule has 0 aromatic heterocycles. The maximum absolute atomic E-state index is 13.0. The Labute approximate surface area is 171 Å². The maximum Gasteiger partial charge on any atom is 0.317 e. The van der Waals surface area contributed by atoms with Crippen molar-refractivity contribution in [2.45, 2.75) is 39.0 Å². The van der Waals surface area contributed by atoms with Crippen LogP contribution in [-0.2, 0) is 14.3 Å². The Morgan fingerprint density at radius 3 is 2.82 bits per heavy atom. The van der Waals surface area contributed by atoms with E-state index in [0.717, 1.165) is 12.0 Å². The number of nitrogens with one attached hydrogen (secondary N) is 1. The molecule has 2 bridgehead atoms. The van der Waals surface area contributed by atoms with Gasteiger partial charge in [0.1, 0.15) is 5.92 Å². The fourth-order valence-electron chi connectivity index (χ4n) is 3.99. The van der Waals surface area contributed by atoms with Crippen molar-refractivity contribution in [2.75, 3.05) is 33.5 Å². The molecule has 0 unspecified atom stereocenters. The molecule has 0 aliphatic carbocycles. The summed E-state index contributed by atoms with van der Waals surface area (Å²) in [6.45, 7) is 7.62. The van der Waals surface area contributed by atoms with Gasteiger partial charge in [-0.3, -0.25) is 4.79 Å². The summed E-state index contributed by atoms with van der Waals surface area (Å²) in [6.07, 6.45) is 0.747. The van der Waals surface area contributed by atoms with E-state index in [1.165, 1.54) is 0 Å². The number of ether oxygens (including phenoxy) is 4. The smallest absolute Gasteiger partial charge is 0.317 e. The van der Waals surface area contributed by atoms with Crippen LogP contribution >= 0.6 is 12.2 Å². The van der Waals surface area contributed by atoms with Gasteiger partial charge in [-0.05, 0) is 45.5 Å². The molecule has 3 atom stereocenters. The van der Waals surface area contributed by atoms with E-state index < -0.39 is 11.6 Å². The Morgan fingerprint density at radius 1 is 1.36 bits per heavy atom. The van der Waals surface area contributed by atoms with Crippen molar-refractivity contribution in [2.24, 2.45) is 5.92 Å². The van der Waals surface area contributed by atoms with E-state index in [-0.39, 0.29) is 12.0 Å². The highest BCUT2D eigenvalue weighted by Crippen LogP contribution is 2.51. The van der Waals surface area contributed by atoms with Crippen molar-refractivity contribution >= 4 is 23.3 Å². The van der Waals surface area contributed by atoms with Crippen LogP contribution in [0.4, 0.5) is 0 Å². The first-order valence-corrected chi connectivity index (χ1v) is 10.1. The van der Waals surface area contributed by atoms with E-state index in [9.17, 15) is 4.79 Å². The molecule has 154 valence electrons. The Hall–Kier alpha value is -2.06. The van der Waals surface area contributed by atoms with Crippen LogP contribution in [0.25, 0.3) is 0 Å². The van der Waals surface area contributed by atoms with Crippen molar-refractivity contribution in [3.05, 3.63) is 23.8 Å². The van der Waals surface area contributed by atoms with Crippen molar-refractivity contribution in [1.82, 2.24) is 10.2 Å². The van der Waals surface area contributed by atoms with Crippen LogP contribution < -0.4 is 14.8 Å². The number of methoxy groups -OCH3 is 1. The summed E-state index contributed by atoms with van der Waals surface area (Å²) in [6, 6.07) is 5.36. The van der Waals surface area contributed by atoms with Gasteiger partial charge in [-0.15, -0.1) is 0 Å². The molecule has 1 N–H and O–H groups in total. The lowest BCUT2D eigenvalue weighted by atomic mass is 9.79. The normalized spacial score (nSPS) is 25.4. The average Bonchev–Trinajstić information content (AvgIpc) is 2.65. The third-order valence-electron chi connectivity index (χ3n) is 5.19. The van der Waals surface area contributed by atoms with E-state index in [0.29, 0.717) is 43.0 Å². The molecule has 1 fully saturated rings. The first kappa shape index (κ1) is 20.7. The van der Waals surface area contributed by atoms with Crippen LogP contribution in [-0.4, -0.2) is 55.2 Å². The molecule has 3 rings (SSSR count). The van der Waals surface area contributed by atoms with Gasteiger partial charge in [0.2, 0.25) is 0 Å². The summed E-state index contributed by atoms with van der Waals surface area (Å²) in [5.41, 5.74) is -0.145. The van der Waals surface area contributed by atoms with Gasteiger partial charge in [-0.2, -0.15) is 0 Å². The molecule has 1 aromatic rings. The van der Waals surface area contributed by atoms with E-state index in [4.69, 9.17) is 31.2 Å². The summed E-state index contributed by atoms with van der Waals surface area (Å²) in [5, 5.41) is 3.90. The zero-order chi connectivity index (χ0) is 20.3. The minimum absolute atomic E-state index is 0.304. The molecule has 2 heterocycles. The van der Waals surface area contributed by atoms with Crippen LogP contribution in [0.2, 0.25) is 0 Å². The second-order valence-electron chi connectivity index (χ2n) is 6.92. The van der Waals surface area contributed by atoms with E-state index >= 15 is 0 Å². The average molecular weight is 409 g/mol. The van der Waals surface area contributed by atoms with Gasteiger partial charge in [0, 0.05) is 25.8 Å². The minimum Gasteiger partial charge on any atom is -0.490 e. The summed E-state index contributed by atoms with van der Waals surface area (Å²) in [5.74, 6) is 0.411. The molecule has 0 spiro atoms. The number of para-hydroxylation sites is 1. The number of esters is 1. The zero-order valence-corrected chi connectivity index (χ0v) is 17.6. The predicted molar refractivity (Wildman–Crippen MR) is 108 cm³/mol. The number of nitrogens with zero attached hydrogens (tertiary/aromatic N) is 1. The second-order valence-corrected chi connectivity index (χ2v) is 7.31.